The number of halogens is 2. The van der Waals surface area contributed by atoms with E-state index in [1.807, 2.05) is 0 Å². The molecule has 1 N–H and O–H groups in total. The smallest absolute Gasteiger partial charge is 0.350 e. The Morgan fingerprint density at radius 3 is 2.19 bits per heavy atom. The Hall–Kier alpha value is -1.98. The molecule has 0 saturated heterocycles. The number of carboxylic acids is 1. The van der Waals surface area contributed by atoms with Gasteiger partial charge < -0.3 is 9.84 Å². The molecule has 0 aliphatic rings. The van der Waals surface area contributed by atoms with Crippen LogP contribution in [0.1, 0.15) is 18.6 Å². The summed E-state index contributed by atoms with van der Waals surface area (Å²) in [4.78, 5) is 21.4. The van der Waals surface area contributed by atoms with Crippen LogP contribution in [0.25, 0.3) is 0 Å². The van der Waals surface area contributed by atoms with Crippen LogP contribution in [0.15, 0.2) is 18.2 Å². The van der Waals surface area contributed by atoms with E-state index in [0.717, 1.165) is 25.1 Å². The van der Waals surface area contributed by atoms with Gasteiger partial charge in [0.1, 0.15) is 11.6 Å². The van der Waals surface area contributed by atoms with Crippen LogP contribution < -0.4 is 0 Å². The van der Waals surface area contributed by atoms with Crippen molar-refractivity contribution < 1.29 is 28.2 Å². The van der Waals surface area contributed by atoms with Gasteiger partial charge in [0.25, 0.3) is 0 Å². The quantitative estimate of drug-likeness (QED) is 0.802. The van der Waals surface area contributed by atoms with E-state index in [1.165, 1.54) is 0 Å². The first kappa shape index (κ1) is 12.1. The molecule has 0 fully saturated rings. The molecule has 86 valence electrons. The van der Waals surface area contributed by atoms with Crippen LogP contribution in [-0.4, -0.2) is 17.0 Å². The van der Waals surface area contributed by atoms with Crippen molar-refractivity contribution in [2.45, 2.75) is 13.0 Å². The summed E-state index contributed by atoms with van der Waals surface area (Å²) in [6.45, 7) is 0.953. The monoisotopic (exact) mass is 230 g/mol. The molecule has 0 radical (unpaired) electrons. The van der Waals surface area contributed by atoms with Crippen molar-refractivity contribution in [3.63, 3.8) is 0 Å². The molecule has 4 nitrogen and oxygen atoms in total. The van der Waals surface area contributed by atoms with E-state index in [4.69, 9.17) is 5.11 Å². The Morgan fingerprint density at radius 1 is 1.31 bits per heavy atom. The molecule has 16 heavy (non-hydrogen) atoms. The minimum absolute atomic E-state index is 0.787. The number of ether oxygens (including phenoxy) is 1. The number of hydrogen-bond donors (Lipinski definition) is 1. The van der Waals surface area contributed by atoms with E-state index in [0.29, 0.717) is 0 Å². The number of carbonyl (C=O) groups excluding carboxylic acids is 1. The standard InChI is InChI=1S/C10H8F2O4/c1-5(13)16-9(10(14)15)8-6(11)3-2-4-7(8)12/h2-4,9H,1H3,(H,14,15). The minimum Gasteiger partial charge on any atom is -0.478 e. The highest BCUT2D eigenvalue weighted by atomic mass is 19.1. The zero-order valence-corrected chi connectivity index (χ0v) is 8.24. The summed E-state index contributed by atoms with van der Waals surface area (Å²) in [7, 11) is 0. The predicted molar refractivity (Wildman–Crippen MR) is 48.5 cm³/mol. The molecule has 0 saturated carbocycles. The van der Waals surface area contributed by atoms with Crippen LogP contribution in [0.5, 0.6) is 0 Å². The molecule has 0 aliphatic heterocycles. The lowest BCUT2D eigenvalue weighted by Crippen LogP contribution is -2.20. The highest BCUT2D eigenvalue weighted by Gasteiger charge is 2.29. The van der Waals surface area contributed by atoms with Crippen LogP contribution in [0, 0.1) is 11.6 Å². The number of carboxylic acid groups (broad SMARTS) is 1. The average molecular weight is 230 g/mol. The van der Waals surface area contributed by atoms with Gasteiger partial charge in [-0.1, -0.05) is 6.07 Å². The molecule has 1 unspecified atom stereocenters. The number of benzene rings is 1. The Bertz CT molecular complexity index is 411. The molecule has 6 heteroatoms. The molecule has 0 bridgehead atoms. The summed E-state index contributed by atoms with van der Waals surface area (Å²) < 4.78 is 30.8. The molecule has 1 aromatic rings. The second-order valence-corrected chi connectivity index (χ2v) is 2.96. The summed E-state index contributed by atoms with van der Waals surface area (Å²) in [5, 5.41) is 8.71. The van der Waals surface area contributed by atoms with E-state index in [2.05, 4.69) is 4.74 Å². The molecule has 1 aromatic carbocycles. The van der Waals surface area contributed by atoms with Crippen molar-refractivity contribution in [3.8, 4) is 0 Å². The van der Waals surface area contributed by atoms with E-state index >= 15 is 0 Å². The molecule has 0 aliphatic carbocycles. The molecule has 0 spiro atoms. The third-order valence-corrected chi connectivity index (χ3v) is 1.77. The maximum Gasteiger partial charge on any atom is 0.350 e. The predicted octanol–water partition coefficient (Wildman–Crippen LogP) is 1.65. The van der Waals surface area contributed by atoms with Crippen LogP contribution in [0.3, 0.4) is 0 Å². The summed E-state index contributed by atoms with van der Waals surface area (Å²) in [6, 6.07) is 2.86. The normalized spacial score (nSPS) is 11.9. The van der Waals surface area contributed by atoms with Gasteiger partial charge in [-0.3, -0.25) is 4.79 Å². The summed E-state index contributed by atoms with van der Waals surface area (Å²) in [5.74, 6) is -4.73. The highest BCUT2D eigenvalue weighted by molar-refractivity contribution is 5.78. The fourth-order valence-corrected chi connectivity index (χ4v) is 1.16. The summed E-state index contributed by atoms with van der Waals surface area (Å²) in [6.07, 6.45) is -1.97. The number of esters is 1. The Morgan fingerprint density at radius 2 is 1.81 bits per heavy atom. The fraction of sp³-hybridized carbons (Fsp3) is 0.200. The second-order valence-electron chi connectivity index (χ2n) is 2.96. The average Bonchev–Trinajstić information content (AvgIpc) is 2.15. The molecule has 1 rings (SSSR count). The zero-order chi connectivity index (χ0) is 12.3. The van der Waals surface area contributed by atoms with Crippen LogP contribution >= 0.6 is 0 Å². The van der Waals surface area contributed by atoms with Gasteiger partial charge in [-0.2, -0.15) is 0 Å². The SMILES string of the molecule is CC(=O)OC(C(=O)O)c1c(F)cccc1F. The second kappa shape index (κ2) is 4.69. The lowest BCUT2D eigenvalue weighted by Gasteiger charge is -2.14. The summed E-state index contributed by atoms with van der Waals surface area (Å²) >= 11 is 0. The Labute approximate surface area is 89.5 Å². The molecule has 0 aromatic heterocycles. The van der Waals surface area contributed by atoms with Gasteiger partial charge in [0, 0.05) is 6.92 Å². The zero-order valence-electron chi connectivity index (χ0n) is 8.24. The fourth-order valence-electron chi connectivity index (χ4n) is 1.16. The van der Waals surface area contributed by atoms with E-state index in [9.17, 15) is 18.4 Å². The van der Waals surface area contributed by atoms with Crippen LogP contribution in [-0.2, 0) is 14.3 Å². The van der Waals surface area contributed by atoms with E-state index < -0.39 is 35.2 Å². The van der Waals surface area contributed by atoms with Crippen LogP contribution in [0.4, 0.5) is 8.78 Å². The van der Waals surface area contributed by atoms with Gasteiger partial charge >= 0.3 is 11.9 Å². The highest BCUT2D eigenvalue weighted by Crippen LogP contribution is 2.24. The maximum absolute atomic E-state index is 13.2. The van der Waals surface area contributed by atoms with Gasteiger partial charge in [0.2, 0.25) is 6.10 Å². The van der Waals surface area contributed by atoms with Crippen molar-refractivity contribution in [1.29, 1.82) is 0 Å². The molecule has 1 atom stereocenters. The first-order valence-corrected chi connectivity index (χ1v) is 4.27. The van der Waals surface area contributed by atoms with Gasteiger partial charge in [0.15, 0.2) is 0 Å². The maximum atomic E-state index is 13.2. The number of hydrogen-bond acceptors (Lipinski definition) is 3. The van der Waals surface area contributed by atoms with E-state index in [-0.39, 0.29) is 0 Å². The molecule has 0 amide bonds. The topological polar surface area (TPSA) is 63.6 Å². The largest absolute Gasteiger partial charge is 0.478 e. The van der Waals surface area contributed by atoms with Gasteiger partial charge in [-0.15, -0.1) is 0 Å². The third kappa shape index (κ3) is 2.53. The first-order valence-electron chi connectivity index (χ1n) is 4.27. The van der Waals surface area contributed by atoms with Crippen molar-refractivity contribution in [1.82, 2.24) is 0 Å². The van der Waals surface area contributed by atoms with Crippen molar-refractivity contribution in [2.75, 3.05) is 0 Å². The van der Waals surface area contributed by atoms with Gasteiger partial charge in [-0.25, -0.2) is 13.6 Å². The number of rotatable bonds is 3. The Kier molecular flexibility index (Phi) is 3.55. The van der Waals surface area contributed by atoms with Crippen LogP contribution in [0.2, 0.25) is 0 Å². The molecule has 0 heterocycles. The minimum atomic E-state index is -1.97. The van der Waals surface area contributed by atoms with Crippen molar-refractivity contribution in [2.24, 2.45) is 0 Å². The first-order chi connectivity index (χ1) is 7.43. The summed E-state index contributed by atoms with van der Waals surface area (Å²) in [5.41, 5.74) is -0.787. The van der Waals surface area contributed by atoms with Gasteiger partial charge in [0.05, 0.1) is 5.56 Å². The molecular weight excluding hydrogens is 222 g/mol. The van der Waals surface area contributed by atoms with Crippen molar-refractivity contribution in [3.05, 3.63) is 35.4 Å². The van der Waals surface area contributed by atoms with Crippen molar-refractivity contribution >= 4 is 11.9 Å². The molecular formula is C10H8F2O4. The Balaban J connectivity index is 3.20. The number of carbonyl (C=O) groups is 2. The van der Waals surface area contributed by atoms with Gasteiger partial charge in [-0.05, 0) is 12.1 Å². The number of aliphatic carboxylic acids is 1. The van der Waals surface area contributed by atoms with E-state index in [1.54, 1.807) is 0 Å². The lowest BCUT2D eigenvalue weighted by molar-refractivity contribution is -0.163. The third-order valence-electron chi connectivity index (χ3n) is 1.77. The lowest BCUT2D eigenvalue weighted by atomic mass is 10.1.